The number of nitrogens with zero attached hydrogens (tertiary/aromatic N) is 1. The molecule has 0 N–H and O–H groups in total. The topological polar surface area (TPSA) is 71.5 Å². The van der Waals surface area contributed by atoms with Gasteiger partial charge in [0, 0.05) is 25.6 Å². The Balaban J connectivity index is 3.45. The van der Waals surface area contributed by atoms with E-state index in [2.05, 4.69) is 6.92 Å². The molecule has 0 fully saturated rings. The number of unbranched alkanes of at least 4 members (excludes halogenated alkanes) is 1. The molecule has 0 heterocycles. The standard InChI is InChI=1S/C14H23NO4S2/c1-5-7-10-15(6-2)13-9-8-12(20(3,16)17)11-14(13)21(4,18)19/h8-9,11H,5-7,10H2,1-4H3. The Morgan fingerprint density at radius 3 is 2.05 bits per heavy atom. The number of benzene rings is 1. The Labute approximate surface area is 127 Å². The minimum absolute atomic E-state index is 0.0261. The van der Waals surface area contributed by atoms with Crippen molar-refractivity contribution in [3.8, 4) is 0 Å². The van der Waals surface area contributed by atoms with Crippen LogP contribution in [0.5, 0.6) is 0 Å². The summed E-state index contributed by atoms with van der Waals surface area (Å²) in [5.41, 5.74) is 0.570. The van der Waals surface area contributed by atoms with Gasteiger partial charge in [-0.05, 0) is 31.5 Å². The number of hydrogen-bond donors (Lipinski definition) is 0. The summed E-state index contributed by atoms with van der Waals surface area (Å²) in [5, 5.41) is 0. The molecule has 1 aromatic rings. The lowest BCUT2D eigenvalue weighted by Crippen LogP contribution is -2.25. The Hall–Kier alpha value is -1.08. The second-order valence-electron chi connectivity index (χ2n) is 5.11. The molecule has 21 heavy (non-hydrogen) atoms. The van der Waals surface area contributed by atoms with Crippen LogP contribution >= 0.6 is 0 Å². The average Bonchev–Trinajstić information content (AvgIpc) is 2.37. The first-order valence-electron chi connectivity index (χ1n) is 6.90. The predicted molar refractivity (Wildman–Crippen MR) is 85.5 cm³/mol. The molecule has 0 radical (unpaired) electrons. The second kappa shape index (κ2) is 6.79. The van der Waals surface area contributed by atoms with Crippen molar-refractivity contribution in [1.29, 1.82) is 0 Å². The van der Waals surface area contributed by atoms with Crippen molar-refractivity contribution >= 4 is 25.4 Å². The lowest BCUT2D eigenvalue weighted by atomic mass is 10.2. The van der Waals surface area contributed by atoms with E-state index in [1.54, 1.807) is 6.07 Å². The zero-order valence-corrected chi connectivity index (χ0v) is 14.6. The lowest BCUT2D eigenvalue weighted by Gasteiger charge is -2.25. The van der Waals surface area contributed by atoms with Gasteiger partial charge in [0.2, 0.25) is 0 Å². The van der Waals surface area contributed by atoms with Gasteiger partial charge in [0.05, 0.1) is 15.5 Å². The van der Waals surface area contributed by atoms with E-state index >= 15 is 0 Å². The summed E-state index contributed by atoms with van der Waals surface area (Å²) >= 11 is 0. The lowest BCUT2D eigenvalue weighted by molar-refractivity contribution is 0.599. The van der Waals surface area contributed by atoms with Gasteiger partial charge >= 0.3 is 0 Å². The summed E-state index contributed by atoms with van der Waals surface area (Å²) in [6, 6.07) is 4.31. The fraction of sp³-hybridized carbons (Fsp3) is 0.571. The maximum Gasteiger partial charge on any atom is 0.177 e. The Bertz CT molecular complexity index is 694. The van der Waals surface area contributed by atoms with Crippen molar-refractivity contribution in [2.75, 3.05) is 30.5 Å². The van der Waals surface area contributed by atoms with Crippen LogP contribution in [0.25, 0.3) is 0 Å². The van der Waals surface area contributed by atoms with Crippen LogP contribution in [0.1, 0.15) is 26.7 Å². The molecular weight excluding hydrogens is 310 g/mol. The van der Waals surface area contributed by atoms with Crippen molar-refractivity contribution in [3.63, 3.8) is 0 Å². The highest BCUT2D eigenvalue weighted by Crippen LogP contribution is 2.28. The summed E-state index contributed by atoms with van der Waals surface area (Å²) in [6.45, 7) is 5.43. The van der Waals surface area contributed by atoms with Gasteiger partial charge < -0.3 is 4.90 Å². The van der Waals surface area contributed by atoms with Gasteiger partial charge in [0.15, 0.2) is 19.7 Å². The fourth-order valence-corrected chi connectivity index (χ4v) is 3.72. The van der Waals surface area contributed by atoms with Gasteiger partial charge in [0.1, 0.15) is 0 Å². The van der Waals surface area contributed by atoms with Crippen LogP contribution in [0.15, 0.2) is 28.0 Å². The van der Waals surface area contributed by atoms with Crippen LogP contribution in [-0.4, -0.2) is 42.4 Å². The minimum Gasteiger partial charge on any atom is -0.371 e. The van der Waals surface area contributed by atoms with E-state index in [1.807, 2.05) is 11.8 Å². The highest BCUT2D eigenvalue weighted by atomic mass is 32.2. The molecule has 0 saturated carbocycles. The number of sulfone groups is 2. The molecule has 0 aliphatic rings. The van der Waals surface area contributed by atoms with Crippen LogP contribution in [0.3, 0.4) is 0 Å². The molecule has 1 aromatic carbocycles. The third kappa shape index (κ3) is 4.71. The summed E-state index contributed by atoms with van der Waals surface area (Å²) in [6.07, 6.45) is 4.13. The van der Waals surface area contributed by atoms with Crippen molar-refractivity contribution < 1.29 is 16.8 Å². The molecule has 0 saturated heterocycles. The zero-order valence-electron chi connectivity index (χ0n) is 13.0. The molecule has 0 atom stereocenters. The minimum atomic E-state index is -3.50. The quantitative estimate of drug-likeness (QED) is 0.764. The number of anilines is 1. The molecule has 7 heteroatoms. The molecule has 1 rings (SSSR count). The van der Waals surface area contributed by atoms with E-state index in [1.165, 1.54) is 12.1 Å². The highest BCUT2D eigenvalue weighted by Gasteiger charge is 2.20. The van der Waals surface area contributed by atoms with Crippen LogP contribution < -0.4 is 4.90 Å². The first-order valence-corrected chi connectivity index (χ1v) is 10.7. The molecule has 0 unspecified atom stereocenters. The number of hydrogen-bond acceptors (Lipinski definition) is 5. The van der Waals surface area contributed by atoms with Crippen LogP contribution in [0, 0.1) is 0 Å². The molecule has 0 aliphatic heterocycles. The van der Waals surface area contributed by atoms with Gasteiger partial charge in [-0.25, -0.2) is 16.8 Å². The van der Waals surface area contributed by atoms with Crippen molar-refractivity contribution in [1.82, 2.24) is 0 Å². The van der Waals surface area contributed by atoms with Gasteiger partial charge in [-0.1, -0.05) is 13.3 Å². The first-order chi connectivity index (χ1) is 9.61. The molecular formula is C14H23NO4S2. The summed E-state index contributed by atoms with van der Waals surface area (Å²) in [5.74, 6) is 0. The molecule has 0 spiro atoms. The van der Waals surface area contributed by atoms with Crippen LogP contribution in [0.4, 0.5) is 5.69 Å². The van der Waals surface area contributed by atoms with E-state index in [4.69, 9.17) is 0 Å². The highest BCUT2D eigenvalue weighted by molar-refractivity contribution is 7.91. The van der Waals surface area contributed by atoms with E-state index in [0.29, 0.717) is 12.2 Å². The van der Waals surface area contributed by atoms with E-state index in [0.717, 1.165) is 31.9 Å². The zero-order chi connectivity index (χ0) is 16.3. The molecule has 5 nitrogen and oxygen atoms in total. The molecule has 0 aromatic heterocycles. The van der Waals surface area contributed by atoms with Crippen molar-refractivity contribution in [2.24, 2.45) is 0 Å². The van der Waals surface area contributed by atoms with Gasteiger partial charge in [-0.2, -0.15) is 0 Å². The smallest absolute Gasteiger partial charge is 0.177 e. The fourth-order valence-electron chi connectivity index (χ4n) is 2.08. The summed E-state index contributed by atoms with van der Waals surface area (Å²) in [7, 11) is -6.94. The second-order valence-corrected chi connectivity index (χ2v) is 9.11. The monoisotopic (exact) mass is 333 g/mol. The molecule has 0 amide bonds. The Morgan fingerprint density at radius 1 is 1.00 bits per heavy atom. The van der Waals surface area contributed by atoms with Crippen molar-refractivity contribution in [2.45, 2.75) is 36.5 Å². The Kier molecular flexibility index (Phi) is 5.81. The van der Waals surface area contributed by atoms with Gasteiger partial charge in [0.25, 0.3) is 0 Å². The normalized spacial score (nSPS) is 12.4. The van der Waals surface area contributed by atoms with Crippen molar-refractivity contribution in [3.05, 3.63) is 18.2 Å². The SMILES string of the molecule is CCCCN(CC)c1ccc(S(C)(=O)=O)cc1S(C)(=O)=O. The maximum absolute atomic E-state index is 12.0. The predicted octanol–water partition coefficient (Wildman–Crippen LogP) is 2.12. The maximum atomic E-state index is 12.0. The summed E-state index contributed by atoms with van der Waals surface area (Å²) < 4.78 is 47.3. The third-order valence-electron chi connectivity index (χ3n) is 3.26. The summed E-state index contributed by atoms with van der Waals surface area (Å²) in [4.78, 5) is 2.06. The van der Waals surface area contributed by atoms with Gasteiger partial charge in [-0.3, -0.25) is 0 Å². The molecule has 0 aliphatic carbocycles. The Morgan fingerprint density at radius 2 is 1.62 bits per heavy atom. The average molecular weight is 333 g/mol. The van der Waals surface area contributed by atoms with E-state index < -0.39 is 19.7 Å². The van der Waals surface area contributed by atoms with Crippen LogP contribution in [0.2, 0.25) is 0 Å². The van der Waals surface area contributed by atoms with Crippen LogP contribution in [-0.2, 0) is 19.7 Å². The molecule has 0 bridgehead atoms. The molecule has 120 valence electrons. The first kappa shape index (κ1) is 18.0. The number of rotatable bonds is 7. The third-order valence-corrected chi connectivity index (χ3v) is 5.50. The van der Waals surface area contributed by atoms with E-state index in [9.17, 15) is 16.8 Å². The largest absolute Gasteiger partial charge is 0.371 e. The van der Waals surface area contributed by atoms with E-state index in [-0.39, 0.29) is 9.79 Å². The van der Waals surface area contributed by atoms with Gasteiger partial charge in [-0.15, -0.1) is 0 Å².